The van der Waals surface area contributed by atoms with Crippen LogP contribution in [0.25, 0.3) is 0 Å². The molecule has 0 saturated heterocycles. The van der Waals surface area contributed by atoms with Crippen molar-refractivity contribution < 1.29 is 9.90 Å². The van der Waals surface area contributed by atoms with Crippen molar-refractivity contribution in [2.45, 2.75) is 33.2 Å². The molecule has 6 heteroatoms. The first-order valence-corrected chi connectivity index (χ1v) is 7.63. The zero-order chi connectivity index (χ0) is 16.8. The van der Waals surface area contributed by atoms with Gasteiger partial charge < -0.3 is 15.7 Å². The Balaban J connectivity index is 2.14. The van der Waals surface area contributed by atoms with Crippen LogP contribution >= 0.6 is 0 Å². The molecule has 0 aliphatic heterocycles. The summed E-state index contributed by atoms with van der Waals surface area (Å²) in [7, 11) is 0. The second-order valence-corrected chi connectivity index (χ2v) is 5.44. The minimum atomic E-state index is -0.234. The van der Waals surface area contributed by atoms with Crippen molar-refractivity contribution >= 4 is 17.5 Å². The lowest BCUT2D eigenvalue weighted by Crippen LogP contribution is -2.36. The van der Waals surface area contributed by atoms with E-state index in [9.17, 15) is 9.90 Å². The fourth-order valence-electron chi connectivity index (χ4n) is 2.19. The Labute approximate surface area is 136 Å². The van der Waals surface area contributed by atoms with E-state index in [4.69, 9.17) is 0 Å². The smallest absolute Gasteiger partial charge is 0.251 e. The van der Waals surface area contributed by atoms with Gasteiger partial charge in [0.1, 0.15) is 0 Å². The van der Waals surface area contributed by atoms with Gasteiger partial charge in [0, 0.05) is 22.6 Å². The number of carbonyl (C=O) groups excluding carboxylic acids is 1. The molecule has 1 aromatic heterocycles. The number of aryl methyl sites for hydroxylation is 2. The molecule has 6 nitrogen and oxygen atoms in total. The minimum Gasteiger partial charge on any atom is -0.394 e. The van der Waals surface area contributed by atoms with Crippen molar-refractivity contribution in [3.05, 3.63) is 47.3 Å². The SMILES string of the molecule is CCC(CO)NC(=O)c1cccc(Nc2nc(C)cc(C)n2)c1. The molecule has 1 heterocycles. The highest BCUT2D eigenvalue weighted by Crippen LogP contribution is 2.16. The number of nitrogens with one attached hydrogen (secondary N) is 2. The summed E-state index contributed by atoms with van der Waals surface area (Å²) in [6.45, 7) is 5.65. The van der Waals surface area contributed by atoms with Crippen LogP contribution in [0.2, 0.25) is 0 Å². The lowest BCUT2D eigenvalue weighted by Gasteiger charge is -2.14. The summed E-state index contributed by atoms with van der Waals surface area (Å²) >= 11 is 0. The Morgan fingerprint density at radius 2 is 1.91 bits per heavy atom. The van der Waals surface area contributed by atoms with Crippen molar-refractivity contribution in [2.75, 3.05) is 11.9 Å². The highest BCUT2D eigenvalue weighted by molar-refractivity contribution is 5.95. The number of carbonyl (C=O) groups is 1. The summed E-state index contributed by atoms with van der Waals surface area (Å²) in [6, 6.07) is 8.77. The summed E-state index contributed by atoms with van der Waals surface area (Å²) in [6.07, 6.45) is 0.677. The first-order valence-electron chi connectivity index (χ1n) is 7.63. The monoisotopic (exact) mass is 314 g/mol. The van der Waals surface area contributed by atoms with E-state index in [1.54, 1.807) is 18.2 Å². The highest BCUT2D eigenvalue weighted by atomic mass is 16.3. The number of aliphatic hydroxyl groups is 1. The maximum Gasteiger partial charge on any atom is 0.251 e. The van der Waals surface area contributed by atoms with E-state index in [0.29, 0.717) is 17.9 Å². The molecule has 1 atom stereocenters. The summed E-state index contributed by atoms with van der Waals surface area (Å²) in [5.74, 6) is 0.290. The molecule has 0 bridgehead atoms. The summed E-state index contributed by atoms with van der Waals surface area (Å²) in [4.78, 5) is 20.9. The van der Waals surface area contributed by atoms with Crippen LogP contribution in [0.3, 0.4) is 0 Å². The van der Waals surface area contributed by atoms with Crippen LogP contribution in [0.4, 0.5) is 11.6 Å². The van der Waals surface area contributed by atoms with Crippen LogP contribution in [0.15, 0.2) is 30.3 Å². The Bertz CT molecular complexity index is 664. The Kier molecular flexibility index (Phi) is 5.65. The summed E-state index contributed by atoms with van der Waals surface area (Å²) in [5.41, 5.74) is 3.01. The molecule has 1 unspecified atom stereocenters. The molecule has 0 aliphatic rings. The Morgan fingerprint density at radius 3 is 2.52 bits per heavy atom. The van der Waals surface area contributed by atoms with Gasteiger partial charge in [-0.1, -0.05) is 13.0 Å². The van der Waals surface area contributed by atoms with E-state index in [1.807, 2.05) is 32.9 Å². The van der Waals surface area contributed by atoms with Crippen LogP contribution < -0.4 is 10.6 Å². The molecule has 3 N–H and O–H groups in total. The molecule has 122 valence electrons. The van der Waals surface area contributed by atoms with Crippen LogP contribution in [0.1, 0.15) is 35.1 Å². The standard InChI is InChI=1S/C17H22N4O2/c1-4-14(10-22)20-16(23)13-6-5-7-15(9-13)21-17-18-11(2)8-12(3)19-17/h5-9,14,22H,4,10H2,1-3H3,(H,20,23)(H,18,19,21). The van der Waals surface area contributed by atoms with Gasteiger partial charge in [-0.05, 0) is 44.5 Å². The number of amides is 1. The number of aliphatic hydroxyl groups excluding tert-OH is 1. The molecular weight excluding hydrogens is 292 g/mol. The quantitative estimate of drug-likeness (QED) is 0.762. The highest BCUT2D eigenvalue weighted by Gasteiger charge is 2.12. The number of nitrogens with zero attached hydrogens (tertiary/aromatic N) is 2. The fraction of sp³-hybridized carbons (Fsp3) is 0.353. The first-order chi connectivity index (χ1) is 11.0. The predicted molar refractivity (Wildman–Crippen MR) is 89.9 cm³/mol. The van der Waals surface area contributed by atoms with Gasteiger partial charge in [-0.25, -0.2) is 9.97 Å². The second kappa shape index (κ2) is 7.69. The molecule has 0 spiro atoms. The summed E-state index contributed by atoms with van der Waals surface area (Å²) in [5, 5.41) is 15.1. The molecule has 0 fully saturated rings. The van der Waals surface area contributed by atoms with E-state index in [-0.39, 0.29) is 18.6 Å². The first kappa shape index (κ1) is 16.9. The van der Waals surface area contributed by atoms with Gasteiger partial charge in [0.05, 0.1) is 12.6 Å². The molecule has 0 saturated carbocycles. The van der Waals surface area contributed by atoms with E-state index in [1.165, 1.54) is 0 Å². The second-order valence-electron chi connectivity index (χ2n) is 5.44. The van der Waals surface area contributed by atoms with Gasteiger partial charge in [-0.3, -0.25) is 4.79 Å². The number of anilines is 2. The lowest BCUT2D eigenvalue weighted by molar-refractivity contribution is 0.0915. The third-order valence-corrected chi connectivity index (χ3v) is 3.41. The van der Waals surface area contributed by atoms with E-state index < -0.39 is 0 Å². The molecular formula is C17H22N4O2. The van der Waals surface area contributed by atoms with Crippen molar-refractivity contribution in [1.29, 1.82) is 0 Å². The molecule has 2 rings (SSSR count). The maximum atomic E-state index is 12.2. The van der Waals surface area contributed by atoms with Crippen LogP contribution in [0, 0.1) is 13.8 Å². The number of hydrogen-bond acceptors (Lipinski definition) is 5. The van der Waals surface area contributed by atoms with Crippen molar-refractivity contribution in [3.8, 4) is 0 Å². The predicted octanol–water partition coefficient (Wildman–Crippen LogP) is 2.34. The number of aromatic nitrogens is 2. The minimum absolute atomic E-state index is 0.0728. The molecule has 23 heavy (non-hydrogen) atoms. The van der Waals surface area contributed by atoms with Gasteiger partial charge in [0.25, 0.3) is 5.91 Å². The topological polar surface area (TPSA) is 87.1 Å². The molecule has 0 radical (unpaired) electrons. The third kappa shape index (κ3) is 4.75. The molecule has 1 amide bonds. The maximum absolute atomic E-state index is 12.2. The van der Waals surface area contributed by atoms with Crippen LogP contribution in [-0.4, -0.2) is 33.6 Å². The van der Waals surface area contributed by atoms with Crippen LogP contribution in [0.5, 0.6) is 0 Å². The van der Waals surface area contributed by atoms with Crippen molar-refractivity contribution in [2.24, 2.45) is 0 Å². The van der Waals surface area contributed by atoms with Crippen LogP contribution in [-0.2, 0) is 0 Å². The average molecular weight is 314 g/mol. The van der Waals surface area contributed by atoms with E-state index >= 15 is 0 Å². The lowest BCUT2D eigenvalue weighted by atomic mass is 10.1. The largest absolute Gasteiger partial charge is 0.394 e. The molecule has 0 aliphatic carbocycles. The Morgan fingerprint density at radius 1 is 1.22 bits per heavy atom. The Hall–Kier alpha value is -2.47. The normalized spacial score (nSPS) is 11.8. The van der Waals surface area contributed by atoms with Gasteiger partial charge in [0.15, 0.2) is 0 Å². The van der Waals surface area contributed by atoms with Gasteiger partial charge in [-0.2, -0.15) is 0 Å². The summed E-state index contributed by atoms with van der Waals surface area (Å²) < 4.78 is 0. The molecule has 2 aromatic rings. The van der Waals surface area contributed by atoms with Gasteiger partial charge in [-0.15, -0.1) is 0 Å². The van der Waals surface area contributed by atoms with Gasteiger partial charge in [0.2, 0.25) is 5.95 Å². The average Bonchev–Trinajstić information content (AvgIpc) is 2.51. The van der Waals surface area contributed by atoms with Gasteiger partial charge >= 0.3 is 0 Å². The van der Waals surface area contributed by atoms with E-state index in [0.717, 1.165) is 17.1 Å². The fourth-order valence-corrected chi connectivity index (χ4v) is 2.19. The number of benzene rings is 1. The number of rotatable bonds is 6. The zero-order valence-corrected chi connectivity index (χ0v) is 13.6. The van der Waals surface area contributed by atoms with Crippen molar-refractivity contribution in [1.82, 2.24) is 15.3 Å². The number of hydrogen-bond donors (Lipinski definition) is 3. The van der Waals surface area contributed by atoms with E-state index in [2.05, 4.69) is 20.6 Å². The molecule has 1 aromatic carbocycles. The third-order valence-electron chi connectivity index (χ3n) is 3.41. The zero-order valence-electron chi connectivity index (χ0n) is 13.6. The van der Waals surface area contributed by atoms with Crippen molar-refractivity contribution in [3.63, 3.8) is 0 Å².